The van der Waals surface area contributed by atoms with Gasteiger partial charge in [-0.05, 0) is 51.8 Å². The van der Waals surface area contributed by atoms with E-state index in [2.05, 4.69) is 26.5 Å². The lowest BCUT2D eigenvalue weighted by Gasteiger charge is -2.08. The standard InChI is InChI=1S/C16H14BrClN2O3/c1-22-13-5-6-15(14(17)8-13)23-10-16(21)20-19-9-11-3-2-4-12(18)7-11/h2-9H,10H2,1H3,(H,20,21)/b19-9+. The number of carbonyl (C=O) groups excluding carboxylic acids is 1. The monoisotopic (exact) mass is 396 g/mol. The maximum absolute atomic E-state index is 11.7. The number of hydrogen-bond donors (Lipinski definition) is 1. The van der Waals surface area contributed by atoms with Crippen LogP contribution in [0.15, 0.2) is 52.0 Å². The van der Waals surface area contributed by atoms with Crippen molar-refractivity contribution in [2.24, 2.45) is 5.10 Å². The third-order valence-corrected chi connectivity index (χ3v) is 3.60. The van der Waals surface area contributed by atoms with E-state index in [0.29, 0.717) is 21.0 Å². The molecule has 1 N–H and O–H groups in total. The van der Waals surface area contributed by atoms with E-state index in [1.807, 2.05) is 6.07 Å². The Morgan fingerprint density at radius 1 is 1.35 bits per heavy atom. The van der Waals surface area contributed by atoms with Crippen molar-refractivity contribution in [1.29, 1.82) is 0 Å². The van der Waals surface area contributed by atoms with Crippen LogP contribution in [0.5, 0.6) is 11.5 Å². The molecule has 23 heavy (non-hydrogen) atoms. The molecule has 0 fully saturated rings. The number of halogens is 2. The number of carbonyl (C=O) groups is 1. The molecular formula is C16H14BrClN2O3. The molecule has 2 aromatic rings. The van der Waals surface area contributed by atoms with Gasteiger partial charge in [-0.15, -0.1) is 0 Å². The number of rotatable bonds is 6. The van der Waals surface area contributed by atoms with Gasteiger partial charge in [-0.2, -0.15) is 5.10 Å². The Balaban J connectivity index is 1.83. The van der Waals surface area contributed by atoms with Crippen LogP contribution in [-0.2, 0) is 4.79 Å². The molecule has 0 aliphatic carbocycles. The minimum absolute atomic E-state index is 0.155. The largest absolute Gasteiger partial charge is 0.497 e. The molecule has 2 rings (SSSR count). The Morgan fingerprint density at radius 3 is 2.87 bits per heavy atom. The van der Waals surface area contributed by atoms with Crippen LogP contribution in [0.25, 0.3) is 0 Å². The fourth-order valence-corrected chi connectivity index (χ4v) is 2.34. The van der Waals surface area contributed by atoms with Gasteiger partial charge in [-0.25, -0.2) is 5.43 Å². The highest BCUT2D eigenvalue weighted by atomic mass is 79.9. The van der Waals surface area contributed by atoms with Gasteiger partial charge in [0, 0.05) is 5.02 Å². The van der Waals surface area contributed by atoms with Gasteiger partial charge in [0.15, 0.2) is 6.61 Å². The highest BCUT2D eigenvalue weighted by Crippen LogP contribution is 2.28. The van der Waals surface area contributed by atoms with Gasteiger partial charge in [-0.1, -0.05) is 23.7 Å². The van der Waals surface area contributed by atoms with Crippen molar-refractivity contribution in [2.45, 2.75) is 0 Å². The van der Waals surface area contributed by atoms with Gasteiger partial charge in [0.2, 0.25) is 0 Å². The molecule has 7 heteroatoms. The number of nitrogens with one attached hydrogen (secondary N) is 1. The molecule has 1 amide bonds. The summed E-state index contributed by atoms with van der Waals surface area (Å²) in [6.07, 6.45) is 1.51. The van der Waals surface area contributed by atoms with Gasteiger partial charge >= 0.3 is 0 Å². The van der Waals surface area contributed by atoms with E-state index in [9.17, 15) is 4.79 Å². The van der Waals surface area contributed by atoms with Crippen molar-refractivity contribution in [3.63, 3.8) is 0 Å². The number of benzene rings is 2. The number of hydrazone groups is 1. The van der Waals surface area contributed by atoms with Crippen LogP contribution in [0.4, 0.5) is 0 Å². The van der Waals surface area contributed by atoms with Crippen molar-refractivity contribution in [3.8, 4) is 11.5 Å². The molecule has 0 unspecified atom stereocenters. The zero-order valence-electron chi connectivity index (χ0n) is 12.3. The zero-order chi connectivity index (χ0) is 16.7. The lowest BCUT2D eigenvalue weighted by Crippen LogP contribution is -2.24. The summed E-state index contributed by atoms with van der Waals surface area (Å²) in [6, 6.07) is 12.3. The normalized spacial score (nSPS) is 10.6. The predicted octanol–water partition coefficient (Wildman–Crippen LogP) is 3.64. The Hall–Kier alpha value is -2.05. The van der Waals surface area contributed by atoms with Crippen molar-refractivity contribution in [1.82, 2.24) is 5.43 Å². The number of hydrogen-bond acceptors (Lipinski definition) is 4. The lowest BCUT2D eigenvalue weighted by atomic mass is 10.2. The second-order valence-corrected chi connectivity index (χ2v) is 5.72. The first-order chi connectivity index (χ1) is 11.1. The molecule has 0 heterocycles. The first-order valence-electron chi connectivity index (χ1n) is 6.62. The fraction of sp³-hybridized carbons (Fsp3) is 0.125. The first kappa shape index (κ1) is 17.3. The van der Waals surface area contributed by atoms with Crippen LogP contribution >= 0.6 is 27.5 Å². The van der Waals surface area contributed by atoms with E-state index in [-0.39, 0.29) is 12.5 Å². The van der Waals surface area contributed by atoms with Crippen molar-refractivity contribution in [2.75, 3.05) is 13.7 Å². The Labute approximate surface area is 147 Å². The molecule has 0 aliphatic rings. The summed E-state index contributed by atoms with van der Waals surface area (Å²) in [5, 5.41) is 4.45. The number of amides is 1. The van der Waals surface area contributed by atoms with Crippen LogP contribution in [0.1, 0.15) is 5.56 Å². The molecule has 0 aromatic heterocycles. The quantitative estimate of drug-likeness (QED) is 0.598. The first-order valence-corrected chi connectivity index (χ1v) is 7.79. The molecule has 0 radical (unpaired) electrons. The van der Waals surface area contributed by atoms with E-state index in [1.165, 1.54) is 6.21 Å². The van der Waals surface area contributed by atoms with E-state index in [4.69, 9.17) is 21.1 Å². The summed E-state index contributed by atoms with van der Waals surface area (Å²) >= 11 is 9.21. The zero-order valence-corrected chi connectivity index (χ0v) is 14.6. The minimum Gasteiger partial charge on any atom is -0.497 e. The smallest absolute Gasteiger partial charge is 0.277 e. The predicted molar refractivity (Wildman–Crippen MR) is 93.4 cm³/mol. The van der Waals surface area contributed by atoms with Gasteiger partial charge in [0.05, 0.1) is 17.8 Å². The van der Waals surface area contributed by atoms with Gasteiger partial charge < -0.3 is 9.47 Å². The lowest BCUT2D eigenvalue weighted by molar-refractivity contribution is -0.123. The van der Waals surface area contributed by atoms with Gasteiger partial charge in [0.25, 0.3) is 5.91 Å². The maximum atomic E-state index is 11.7. The number of ether oxygens (including phenoxy) is 2. The molecule has 0 spiro atoms. The Bertz CT molecular complexity index is 722. The van der Waals surface area contributed by atoms with E-state index in [0.717, 1.165) is 5.56 Å². The summed E-state index contributed by atoms with van der Waals surface area (Å²) in [5.41, 5.74) is 3.17. The minimum atomic E-state index is -0.369. The molecule has 0 saturated carbocycles. The molecule has 0 bridgehead atoms. The molecular weight excluding hydrogens is 384 g/mol. The van der Waals surface area contributed by atoms with E-state index >= 15 is 0 Å². The SMILES string of the molecule is COc1ccc(OCC(=O)N/N=C/c2cccc(Cl)c2)c(Br)c1. The van der Waals surface area contributed by atoms with Gasteiger partial charge in [0.1, 0.15) is 11.5 Å². The van der Waals surface area contributed by atoms with Crippen molar-refractivity contribution in [3.05, 3.63) is 57.5 Å². The fourth-order valence-electron chi connectivity index (χ4n) is 1.67. The van der Waals surface area contributed by atoms with Gasteiger partial charge in [-0.3, -0.25) is 4.79 Å². The number of nitrogens with zero attached hydrogens (tertiary/aromatic N) is 1. The second-order valence-electron chi connectivity index (χ2n) is 4.43. The average molecular weight is 398 g/mol. The van der Waals surface area contributed by atoms with Crippen LogP contribution in [0.2, 0.25) is 5.02 Å². The third kappa shape index (κ3) is 5.58. The van der Waals surface area contributed by atoms with Crippen LogP contribution in [-0.4, -0.2) is 25.8 Å². The number of methoxy groups -OCH3 is 1. The summed E-state index contributed by atoms with van der Waals surface area (Å²) in [6.45, 7) is -0.155. The van der Waals surface area contributed by atoms with Crippen LogP contribution in [0, 0.1) is 0 Å². The summed E-state index contributed by atoms with van der Waals surface area (Å²) in [4.78, 5) is 11.7. The van der Waals surface area contributed by atoms with Crippen molar-refractivity contribution < 1.29 is 14.3 Å². The summed E-state index contributed by atoms with van der Waals surface area (Å²) in [7, 11) is 1.58. The second kappa shape index (κ2) is 8.55. The highest BCUT2D eigenvalue weighted by molar-refractivity contribution is 9.10. The molecule has 0 atom stereocenters. The average Bonchev–Trinajstić information content (AvgIpc) is 2.53. The highest BCUT2D eigenvalue weighted by Gasteiger charge is 2.06. The molecule has 120 valence electrons. The van der Waals surface area contributed by atoms with Crippen molar-refractivity contribution >= 4 is 39.7 Å². The molecule has 2 aromatic carbocycles. The Morgan fingerprint density at radius 2 is 2.17 bits per heavy atom. The van der Waals surface area contributed by atoms with Crippen LogP contribution < -0.4 is 14.9 Å². The van der Waals surface area contributed by atoms with Crippen LogP contribution in [0.3, 0.4) is 0 Å². The maximum Gasteiger partial charge on any atom is 0.277 e. The summed E-state index contributed by atoms with van der Waals surface area (Å²) < 4.78 is 11.2. The molecule has 0 saturated heterocycles. The van der Waals surface area contributed by atoms with E-state index in [1.54, 1.807) is 43.5 Å². The van der Waals surface area contributed by atoms with E-state index < -0.39 is 0 Å². The topological polar surface area (TPSA) is 59.9 Å². The summed E-state index contributed by atoms with van der Waals surface area (Å²) in [5.74, 6) is 0.866. The molecule has 5 nitrogen and oxygen atoms in total. The third-order valence-electron chi connectivity index (χ3n) is 2.75. The molecule has 0 aliphatic heterocycles. The Kier molecular flexibility index (Phi) is 6.43.